The molecule has 1 fully saturated rings. The van der Waals surface area contributed by atoms with Crippen molar-refractivity contribution in [3.05, 3.63) is 144 Å². The summed E-state index contributed by atoms with van der Waals surface area (Å²) in [5.41, 5.74) is 3.09. The van der Waals surface area contributed by atoms with Gasteiger partial charge in [0.25, 0.3) is 14.2 Å². The molecule has 0 bridgehead atoms. The first-order valence-corrected chi connectivity index (χ1v) is 25.1. The van der Waals surface area contributed by atoms with E-state index in [0.29, 0.717) is 36.9 Å². The number of ether oxygens (including phenoxy) is 1. The molecule has 0 saturated heterocycles. The maximum Gasteiger partial charge on any atom is 0.264 e. The number of fused-ring (bicyclic) bond motifs is 3. The van der Waals surface area contributed by atoms with Gasteiger partial charge >= 0.3 is 0 Å². The van der Waals surface area contributed by atoms with Gasteiger partial charge in [-0.05, 0) is 107 Å². The van der Waals surface area contributed by atoms with Crippen LogP contribution in [0.3, 0.4) is 0 Å². The van der Waals surface area contributed by atoms with Crippen molar-refractivity contribution in [1.29, 1.82) is 0 Å². The van der Waals surface area contributed by atoms with E-state index in [1.807, 2.05) is 42.5 Å². The maximum atomic E-state index is 14.0. The van der Waals surface area contributed by atoms with Gasteiger partial charge in [-0.15, -0.1) is 13.2 Å². The van der Waals surface area contributed by atoms with E-state index in [1.54, 1.807) is 30.4 Å². The summed E-state index contributed by atoms with van der Waals surface area (Å²) in [7, 11) is -7.08. The number of benzene rings is 4. The van der Waals surface area contributed by atoms with Crippen LogP contribution in [0.4, 0.5) is 5.69 Å². The summed E-state index contributed by atoms with van der Waals surface area (Å²) in [6, 6.07) is 31.7. The molecule has 8 nitrogen and oxygen atoms in total. The Morgan fingerprint density at radius 1 is 1.03 bits per heavy atom. The number of carbonyl (C=O) groups is 1. The Balaban J connectivity index is 1.13. The summed E-state index contributed by atoms with van der Waals surface area (Å²) in [6.07, 6.45) is 8.23. The van der Waals surface area contributed by atoms with Crippen molar-refractivity contribution in [3.8, 4) is 5.75 Å². The number of hydrogen-bond donors (Lipinski definition) is 2. The third-order valence-electron chi connectivity index (χ3n) is 13.1. The molecule has 1 spiro atoms. The topological polar surface area (TPSA) is 105 Å². The summed E-state index contributed by atoms with van der Waals surface area (Å²) >= 11 is 6.47. The fraction of sp³-hybridized carbons (Fsp3) is 0.408. The molecule has 0 radical (unpaired) electrons. The van der Waals surface area contributed by atoms with Crippen molar-refractivity contribution < 1.29 is 27.5 Å². The normalized spacial score (nSPS) is 21.3. The van der Waals surface area contributed by atoms with Gasteiger partial charge in [-0.1, -0.05) is 111 Å². The molecular formula is C49H59ClN2O6SSi. The molecule has 2 aliphatic carbocycles. The molecule has 4 aromatic rings. The number of carbonyl (C=O) groups excluding carboxylic acids is 1. The van der Waals surface area contributed by atoms with Crippen LogP contribution in [0.5, 0.6) is 5.75 Å². The SMILES string of the molecule is C=CCC(O)[C@@H]1CC[C@H]1CN1C[C@@]2(CCCc3cc(Cl)ccc32)COc2ccc(C(=O)NS(=O)(=O)CC(C=C)CO[Si](c3ccccc3)(c3ccccc3)C(C)(C)C)cc21. The standard InChI is InChI=1S/C49H59ClN2O6SSi/c1-6-15-45(53)42-24-21-38(42)30-52-33-49(27-14-16-36-28-39(50)23-25-43(36)49)34-57-46-26-22-37(29-44(46)52)47(54)51-59(55,56)32-35(7-2)31-58-60(48(3,4)5,40-17-10-8-11-18-40)41-19-12-9-13-20-41/h6-13,17-20,22-23,25-26,28-29,35,38,42,45,53H,1-2,14-16,21,24,27,30-34H2,3-5H3,(H,51,54)/t35?,38-,42+,45?,49-/m0/s1. The number of hydrogen-bond acceptors (Lipinski definition) is 7. The third-order valence-corrected chi connectivity index (χ3v) is 19.7. The second-order valence-electron chi connectivity index (χ2n) is 18.1. The van der Waals surface area contributed by atoms with Crippen molar-refractivity contribution in [2.45, 2.75) is 75.9 Å². The second kappa shape index (κ2) is 18.0. The predicted molar refractivity (Wildman–Crippen MR) is 246 cm³/mol. The molecule has 7 rings (SSSR count). The Labute approximate surface area is 362 Å². The van der Waals surface area contributed by atoms with Crippen molar-refractivity contribution in [2.24, 2.45) is 17.8 Å². The minimum absolute atomic E-state index is 0.109. The highest BCUT2D eigenvalue weighted by Gasteiger charge is 2.50. The summed E-state index contributed by atoms with van der Waals surface area (Å²) in [4.78, 5) is 16.3. The maximum absolute atomic E-state index is 14.0. The zero-order valence-corrected chi connectivity index (χ0v) is 37.7. The largest absolute Gasteiger partial charge is 0.490 e. The van der Waals surface area contributed by atoms with Crippen LogP contribution in [-0.2, 0) is 26.3 Å². The second-order valence-corrected chi connectivity index (χ2v) is 24.6. The third kappa shape index (κ3) is 9.04. The van der Waals surface area contributed by atoms with Crippen LogP contribution in [-0.4, -0.2) is 65.9 Å². The van der Waals surface area contributed by atoms with Gasteiger partial charge in [0.1, 0.15) is 5.75 Å². The lowest BCUT2D eigenvalue weighted by Crippen LogP contribution is -2.67. The molecule has 3 aliphatic rings. The van der Waals surface area contributed by atoms with Crippen molar-refractivity contribution in [1.82, 2.24) is 4.72 Å². The molecular weight excluding hydrogens is 808 g/mol. The van der Waals surface area contributed by atoms with E-state index in [1.165, 1.54) is 11.1 Å². The minimum Gasteiger partial charge on any atom is -0.490 e. The quantitative estimate of drug-likeness (QED) is 0.0918. The van der Waals surface area contributed by atoms with Crippen molar-refractivity contribution in [3.63, 3.8) is 0 Å². The van der Waals surface area contributed by atoms with E-state index in [9.17, 15) is 18.3 Å². The molecule has 1 saturated carbocycles. The monoisotopic (exact) mass is 866 g/mol. The van der Waals surface area contributed by atoms with Gasteiger partial charge in [0.05, 0.1) is 24.2 Å². The Bertz CT molecular complexity index is 2240. The number of aliphatic hydroxyl groups is 1. The van der Waals surface area contributed by atoms with Gasteiger partial charge in [-0.25, -0.2) is 13.1 Å². The summed E-state index contributed by atoms with van der Waals surface area (Å²) in [6.45, 7) is 16.2. The zero-order valence-electron chi connectivity index (χ0n) is 35.1. The van der Waals surface area contributed by atoms with Crippen molar-refractivity contribution >= 4 is 51.9 Å². The van der Waals surface area contributed by atoms with E-state index in [0.717, 1.165) is 48.2 Å². The number of halogens is 1. The molecule has 1 amide bonds. The van der Waals surface area contributed by atoms with Crippen LogP contribution in [0.25, 0.3) is 0 Å². The number of amides is 1. The first kappa shape index (κ1) is 43.9. The molecule has 11 heteroatoms. The average Bonchev–Trinajstić information content (AvgIpc) is 3.36. The Hall–Kier alpha value is -4.19. The number of sulfonamides is 1. The van der Waals surface area contributed by atoms with Crippen LogP contribution in [0, 0.1) is 17.8 Å². The molecule has 60 heavy (non-hydrogen) atoms. The highest BCUT2D eigenvalue weighted by atomic mass is 35.5. The highest BCUT2D eigenvalue weighted by Crippen LogP contribution is 2.47. The van der Waals surface area contributed by atoms with Crippen LogP contribution < -0.4 is 24.7 Å². The fourth-order valence-corrected chi connectivity index (χ4v) is 16.0. The van der Waals surface area contributed by atoms with Crippen LogP contribution >= 0.6 is 11.6 Å². The van der Waals surface area contributed by atoms with E-state index >= 15 is 0 Å². The summed E-state index contributed by atoms with van der Waals surface area (Å²) < 4.78 is 43.7. The van der Waals surface area contributed by atoms with Gasteiger partial charge in [-0.2, -0.15) is 0 Å². The Kier molecular flexibility index (Phi) is 13.2. The first-order valence-electron chi connectivity index (χ1n) is 21.2. The summed E-state index contributed by atoms with van der Waals surface area (Å²) in [5.74, 6) is -0.669. The molecule has 1 heterocycles. The number of aliphatic hydroxyl groups excluding tert-OH is 1. The average molecular weight is 868 g/mol. The van der Waals surface area contributed by atoms with Crippen molar-refractivity contribution in [2.75, 3.05) is 37.0 Å². The van der Waals surface area contributed by atoms with E-state index in [-0.39, 0.29) is 40.2 Å². The van der Waals surface area contributed by atoms with Gasteiger partial charge < -0.3 is 19.2 Å². The lowest BCUT2D eigenvalue weighted by atomic mass is 9.68. The highest BCUT2D eigenvalue weighted by molar-refractivity contribution is 7.90. The minimum atomic E-state index is -4.14. The zero-order chi connectivity index (χ0) is 42.7. The number of anilines is 1. The number of aryl methyl sites for hydroxylation is 1. The van der Waals surface area contributed by atoms with Crippen LogP contribution in [0.15, 0.2) is 122 Å². The van der Waals surface area contributed by atoms with Crippen LogP contribution in [0.1, 0.15) is 74.4 Å². The fourth-order valence-electron chi connectivity index (χ4n) is 9.91. The van der Waals surface area contributed by atoms with E-state index in [2.05, 4.69) is 79.9 Å². The number of nitrogens with one attached hydrogen (secondary N) is 1. The molecule has 2 unspecified atom stereocenters. The van der Waals surface area contributed by atoms with Gasteiger partial charge in [0.15, 0.2) is 0 Å². The van der Waals surface area contributed by atoms with Crippen LogP contribution in [0.2, 0.25) is 10.1 Å². The smallest absolute Gasteiger partial charge is 0.264 e. The Morgan fingerprint density at radius 3 is 2.35 bits per heavy atom. The summed E-state index contributed by atoms with van der Waals surface area (Å²) in [5, 5.41) is 13.6. The predicted octanol–water partition coefficient (Wildman–Crippen LogP) is 8.21. The number of nitrogens with zero attached hydrogens (tertiary/aromatic N) is 1. The Morgan fingerprint density at radius 2 is 1.73 bits per heavy atom. The van der Waals surface area contributed by atoms with E-state index in [4.69, 9.17) is 20.8 Å². The molecule has 2 N–H and O–H groups in total. The van der Waals surface area contributed by atoms with Gasteiger partial charge in [-0.3, -0.25) is 4.79 Å². The lowest BCUT2D eigenvalue weighted by molar-refractivity contribution is 0.0178. The van der Waals surface area contributed by atoms with E-state index < -0.39 is 36.3 Å². The molecule has 1 aliphatic heterocycles. The van der Waals surface area contributed by atoms with Gasteiger partial charge in [0, 0.05) is 41.6 Å². The number of rotatable bonds is 15. The molecule has 4 aromatic carbocycles. The molecule has 0 aromatic heterocycles. The lowest BCUT2D eigenvalue weighted by Gasteiger charge is -2.45. The molecule has 318 valence electrons. The van der Waals surface area contributed by atoms with Gasteiger partial charge in [0.2, 0.25) is 10.0 Å². The first-order chi connectivity index (χ1) is 28.7. The molecule has 5 atom stereocenters.